The number of hydrogen-bond acceptors (Lipinski definition) is 2. The van der Waals surface area contributed by atoms with Gasteiger partial charge in [0.25, 0.3) is 0 Å². The van der Waals surface area contributed by atoms with Crippen LogP contribution in [0.15, 0.2) is 109 Å². The highest BCUT2D eigenvalue weighted by atomic mass is 32.1. The van der Waals surface area contributed by atoms with Crippen LogP contribution in [0.25, 0.3) is 31.7 Å². The van der Waals surface area contributed by atoms with E-state index in [0.717, 1.165) is 0 Å². The SMILES string of the molecule is CN(c1ccc(-c2ccc(-c3ccccc3)s2)cc1)c1cccc2ccccc12. The van der Waals surface area contributed by atoms with E-state index in [0.29, 0.717) is 0 Å². The Bertz CT molecular complexity index is 1250. The van der Waals surface area contributed by atoms with E-state index in [1.807, 2.05) is 11.3 Å². The van der Waals surface area contributed by atoms with Crippen molar-refractivity contribution in [3.05, 3.63) is 109 Å². The van der Waals surface area contributed by atoms with Gasteiger partial charge in [-0.05, 0) is 46.8 Å². The minimum Gasteiger partial charge on any atom is -0.344 e. The molecular formula is C27H21NS. The first kappa shape index (κ1) is 17.7. The lowest BCUT2D eigenvalue weighted by atomic mass is 10.1. The molecule has 5 rings (SSSR count). The van der Waals surface area contributed by atoms with E-state index in [1.165, 1.54) is 43.0 Å². The highest BCUT2D eigenvalue weighted by molar-refractivity contribution is 7.18. The molecule has 0 N–H and O–H groups in total. The van der Waals surface area contributed by atoms with Gasteiger partial charge in [0, 0.05) is 33.6 Å². The Morgan fingerprint density at radius 1 is 0.552 bits per heavy atom. The summed E-state index contributed by atoms with van der Waals surface area (Å²) in [5.74, 6) is 0. The van der Waals surface area contributed by atoms with Gasteiger partial charge in [0.1, 0.15) is 0 Å². The van der Waals surface area contributed by atoms with Gasteiger partial charge in [0.2, 0.25) is 0 Å². The molecule has 1 heterocycles. The average molecular weight is 392 g/mol. The third-order valence-corrected chi connectivity index (χ3v) is 6.51. The summed E-state index contributed by atoms with van der Waals surface area (Å²) in [6.07, 6.45) is 0. The molecule has 29 heavy (non-hydrogen) atoms. The van der Waals surface area contributed by atoms with Gasteiger partial charge in [-0.3, -0.25) is 0 Å². The lowest BCUT2D eigenvalue weighted by molar-refractivity contribution is 1.22. The normalized spacial score (nSPS) is 10.9. The van der Waals surface area contributed by atoms with Crippen LogP contribution in [0.1, 0.15) is 0 Å². The van der Waals surface area contributed by atoms with Crippen molar-refractivity contribution in [1.82, 2.24) is 0 Å². The summed E-state index contributed by atoms with van der Waals surface area (Å²) in [5, 5.41) is 2.54. The summed E-state index contributed by atoms with van der Waals surface area (Å²) >= 11 is 1.84. The van der Waals surface area contributed by atoms with Crippen LogP contribution in [-0.4, -0.2) is 7.05 Å². The molecule has 4 aromatic carbocycles. The van der Waals surface area contributed by atoms with Crippen molar-refractivity contribution < 1.29 is 0 Å². The van der Waals surface area contributed by atoms with E-state index < -0.39 is 0 Å². The van der Waals surface area contributed by atoms with E-state index in [4.69, 9.17) is 0 Å². The molecular weight excluding hydrogens is 370 g/mol. The number of benzene rings is 4. The Balaban J connectivity index is 1.44. The smallest absolute Gasteiger partial charge is 0.0487 e. The highest BCUT2D eigenvalue weighted by Crippen LogP contribution is 2.36. The van der Waals surface area contributed by atoms with Gasteiger partial charge in [-0.15, -0.1) is 11.3 Å². The first-order valence-corrected chi connectivity index (χ1v) is 10.6. The Morgan fingerprint density at radius 2 is 1.17 bits per heavy atom. The molecule has 2 heteroatoms. The van der Waals surface area contributed by atoms with Crippen molar-refractivity contribution in [1.29, 1.82) is 0 Å². The minimum atomic E-state index is 1.19. The molecule has 0 saturated heterocycles. The van der Waals surface area contributed by atoms with E-state index in [1.54, 1.807) is 0 Å². The van der Waals surface area contributed by atoms with Crippen molar-refractivity contribution >= 4 is 33.5 Å². The predicted molar refractivity (Wildman–Crippen MR) is 127 cm³/mol. The molecule has 1 aromatic heterocycles. The molecule has 0 spiro atoms. The van der Waals surface area contributed by atoms with Crippen molar-refractivity contribution in [2.75, 3.05) is 11.9 Å². The van der Waals surface area contributed by atoms with Crippen LogP contribution in [0, 0.1) is 0 Å². The topological polar surface area (TPSA) is 3.24 Å². The largest absolute Gasteiger partial charge is 0.344 e. The third kappa shape index (κ3) is 3.43. The summed E-state index contributed by atoms with van der Waals surface area (Å²) in [5.41, 5.74) is 4.94. The fraction of sp³-hybridized carbons (Fsp3) is 0.0370. The molecule has 0 unspecified atom stereocenters. The first-order chi connectivity index (χ1) is 14.3. The first-order valence-electron chi connectivity index (χ1n) is 9.77. The molecule has 1 nitrogen and oxygen atoms in total. The van der Waals surface area contributed by atoms with Crippen molar-refractivity contribution in [3.8, 4) is 20.9 Å². The van der Waals surface area contributed by atoms with E-state index in [-0.39, 0.29) is 0 Å². The molecule has 0 radical (unpaired) electrons. The number of nitrogens with zero attached hydrogens (tertiary/aromatic N) is 1. The summed E-state index contributed by atoms with van der Waals surface area (Å²) in [6, 6.07) is 38.9. The lowest BCUT2D eigenvalue weighted by Crippen LogP contribution is -2.09. The zero-order valence-electron chi connectivity index (χ0n) is 16.2. The second-order valence-electron chi connectivity index (χ2n) is 7.13. The molecule has 0 atom stereocenters. The molecule has 0 fully saturated rings. The fourth-order valence-corrected chi connectivity index (χ4v) is 4.76. The molecule has 0 aliphatic rings. The standard InChI is InChI=1S/C27H21NS/c1-28(25-13-7-11-20-8-5-6-12-24(20)25)23-16-14-22(15-17-23)27-19-18-26(29-27)21-9-3-2-4-10-21/h2-19H,1H3. The maximum absolute atomic E-state index is 2.26. The highest BCUT2D eigenvalue weighted by Gasteiger charge is 2.09. The molecule has 0 aliphatic heterocycles. The molecule has 0 saturated carbocycles. The molecule has 140 valence electrons. The van der Waals surface area contributed by atoms with Gasteiger partial charge < -0.3 is 4.90 Å². The zero-order chi connectivity index (χ0) is 19.6. The van der Waals surface area contributed by atoms with Crippen LogP contribution < -0.4 is 4.90 Å². The van der Waals surface area contributed by atoms with Crippen molar-refractivity contribution in [2.24, 2.45) is 0 Å². The second kappa shape index (κ2) is 7.57. The zero-order valence-corrected chi connectivity index (χ0v) is 17.1. The Labute approximate surface area is 175 Å². The molecule has 0 amide bonds. The van der Waals surface area contributed by atoms with Gasteiger partial charge in [0.15, 0.2) is 0 Å². The van der Waals surface area contributed by atoms with Gasteiger partial charge >= 0.3 is 0 Å². The van der Waals surface area contributed by atoms with E-state index >= 15 is 0 Å². The number of anilines is 2. The number of hydrogen-bond donors (Lipinski definition) is 0. The van der Waals surface area contributed by atoms with Crippen molar-refractivity contribution in [3.63, 3.8) is 0 Å². The monoisotopic (exact) mass is 391 g/mol. The van der Waals surface area contributed by atoms with Crippen LogP contribution in [0.3, 0.4) is 0 Å². The fourth-order valence-electron chi connectivity index (χ4n) is 3.74. The van der Waals surface area contributed by atoms with Crippen LogP contribution in [-0.2, 0) is 0 Å². The minimum absolute atomic E-state index is 1.19. The summed E-state index contributed by atoms with van der Waals surface area (Å²) in [6.45, 7) is 0. The second-order valence-corrected chi connectivity index (χ2v) is 8.22. The van der Waals surface area contributed by atoms with Gasteiger partial charge in [-0.2, -0.15) is 0 Å². The molecule has 5 aromatic rings. The summed E-state index contributed by atoms with van der Waals surface area (Å²) in [4.78, 5) is 4.86. The van der Waals surface area contributed by atoms with Crippen LogP contribution in [0.4, 0.5) is 11.4 Å². The van der Waals surface area contributed by atoms with Gasteiger partial charge in [-0.25, -0.2) is 0 Å². The molecule has 0 aliphatic carbocycles. The number of rotatable bonds is 4. The van der Waals surface area contributed by atoms with E-state index in [9.17, 15) is 0 Å². The van der Waals surface area contributed by atoms with E-state index in [2.05, 4.69) is 121 Å². The number of thiophene rings is 1. The van der Waals surface area contributed by atoms with Gasteiger partial charge in [-0.1, -0.05) is 78.9 Å². The number of fused-ring (bicyclic) bond motifs is 1. The Morgan fingerprint density at radius 3 is 1.93 bits per heavy atom. The third-order valence-electron chi connectivity index (χ3n) is 5.33. The average Bonchev–Trinajstić information content (AvgIpc) is 3.29. The summed E-state index contributed by atoms with van der Waals surface area (Å²) < 4.78 is 0. The predicted octanol–water partition coefficient (Wildman–Crippen LogP) is 8.00. The Hall–Kier alpha value is -3.36. The van der Waals surface area contributed by atoms with Crippen LogP contribution >= 0.6 is 11.3 Å². The van der Waals surface area contributed by atoms with Crippen molar-refractivity contribution in [2.45, 2.75) is 0 Å². The molecule has 0 bridgehead atoms. The van der Waals surface area contributed by atoms with Crippen LogP contribution in [0.5, 0.6) is 0 Å². The Kier molecular flexibility index (Phi) is 4.63. The summed E-state index contributed by atoms with van der Waals surface area (Å²) in [7, 11) is 2.13. The van der Waals surface area contributed by atoms with Gasteiger partial charge in [0.05, 0.1) is 0 Å². The maximum Gasteiger partial charge on any atom is 0.0487 e. The quantitative estimate of drug-likeness (QED) is 0.300. The lowest BCUT2D eigenvalue weighted by Gasteiger charge is -2.21. The van der Waals surface area contributed by atoms with Crippen LogP contribution in [0.2, 0.25) is 0 Å². The maximum atomic E-state index is 2.26.